The zero-order valence-corrected chi connectivity index (χ0v) is 12.1. The van der Waals surface area contributed by atoms with Crippen molar-refractivity contribution in [1.29, 1.82) is 0 Å². The first-order valence-electron chi connectivity index (χ1n) is 7.67. The van der Waals surface area contributed by atoms with Crippen molar-refractivity contribution < 1.29 is 9.47 Å². The number of nitrogens with one attached hydrogen (secondary N) is 1. The van der Waals surface area contributed by atoms with Crippen LogP contribution < -0.4 is 20.7 Å². The summed E-state index contributed by atoms with van der Waals surface area (Å²) in [5.41, 5.74) is 4.22. The van der Waals surface area contributed by atoms with Crippen molar-refractivity contribution in [3.63, 3.8) is 0 Å². The molecule has 0 radical (unpaired) electrons. The van der Waals surface area contributed by atoms with Crippen LogP contribution in [0.15, 0.2) is 18.2 Å². The van der Waals surface area contributed by atoms with Gasteiger partial charge in [-0.25, -0.2) is 0 Å². The van der Waals surface area contributed by atoms with E-state index in [1.54, 1.807) is 0 Å². The van der Waals surface area contributed by atoms with Crippen LogP contribution in [0.4, 0.5) is 0 Å². The molecule has 20 heavy (non-hydrogen) atoms. The smallest absolute Gasteiger partial charge is 0.161 e. The molecule has 1 heterocycles. The van der Waals surface area contributed by atoms with Crippen molar-refractivity contribution in [2.75, 3.05) is 13.2 Å². The summed E-state index contributed by atoms with van der Waals surface area (Å²) >= 11 is 0. The Balaban J connectivity index is 1.79. The second kappa shape index (κ2) is 6.02. The Morgan fingerprint density at radius 1 is 1.25 bits per heavy atom. The van der Waals surface area contributed by atoms with Gasteiger partial charge in [0.05, 0.1) is 0 Å². The molecule has 3 N–H and O–H groups in total. The number of hydrazine groups is 1. The number of fused-ring (bicyclic) bond motifs is 1. The average molecular weight is 276 g/mol. The number of hydrogen-bond acceptors (Lipinski definition) is 4. The summed E-state index contributed by atoms with van der Waals surface area (Å²) in [6.45, 7) is 3.53. The van der Waals surface area contributed by atoms with Gasteiger partial charge in [0.15, 0.2) is 11.5 Å². The van der Waals surface area contributed by atoms with Gasteiger partial charge in [-0.05, 0) is 42.4 Å². The predicted molar refractivity (Wildman–Crippen MR) is 78.6 cm³/mol. The minimum Gasteiger partial charge on any atom is -0.486 e. The van der Waals surface area contributed by atoms with E-state index in [0.29, 0.717) is 19.1 Å². The van der Waals surface area contributed by atoms with Crippen LogP contribution in [0.25, 0.3) is 0 Å². The normalized spacial score (nSPS) is 26.5. The molecule has 4 heteroatoms. The highest BCUT2D eigenvalue weighted by Crippen LogP contribution is 2.42. The summed E-state index contributed by atoms with van der Waals surface area (Å²) in [6.07, 6.45) is 5.11. The molecule has 3 rings (SSSR count). The maximum Gasteiger partial charge on any atom is 0.161 e. The first kappa shape index (κ1) is 13.7. The van der Waals surface area contributed by atoms with Gasteiger partial charge < -0.3 is 9.47 Å². The largest absolute Gasteiger partial charge is 0.486 e. The molecule has 2 aliphatic rings. The summed E-state index contributed by atoms with van der Waals surface area (Å²) in [5.74, 6) is 8.99. The van der Waals surface area contributed by atoms with Gasteiger partial charge in [0, 0.05) is 6.04 Å². The quantitative estimate of drug-likeness (QED) is 0.656. The van der Waals surface area contributed by atoms with E-state index >= 15 is 0 Å². The summed E-state index contributed by atoms with van der Waals surface area (Å²) in [4.78, 5) is 0. The highest BCUT2D eigenvalue weighted by atomic mass is 16.6. The van der Waals surface area contributed by atoms with Gasteiger partial charge >= 0.3 is 0 Å². The van der Waals surface area contributed by atoms with Crippen molar-refractivity contribution in [2.24, 2.45) is 17.7 Å². The van der Waals surface area contributed by atoms with Crippen molar-refractivity contribution >= 4 is 0 Å². The van der Waals surface area contributed by atoms with E-state index in [1.165, 1.54) is 31.2 Å². The van der Waals surface area contributed by atoms with Gasteiger partial charge in [-0.3, -0.25) is 11.3 Å². The van der Waals surface area contributed by atoms with E-state index in [4.69, 9.17) is 15.3 Å². The Morgan fingerprint density at radius 2 is 2.05 bits per heavy atom. The highest BCUT2D eigenvalue weighted by molar-refractivity contribution is 5.44. The summed E-state index contributed by atoms with van der Waals surface area (Å²) in [7, 11) is 0. The van der Waals surface area contributed by atoms with Gasteiger partial charge in [-0.1, -0.05) is 25.8 Å². The van der Waals surface area contributed by atoms with E-state index in [0.717, 1.165) is 17.4 Å². The van der Waals surface area contributed by atoms with Crippen LogP contribution in [0.3, 0.4) is 0 Å². The van der Waals surface area contributed by atoms with Crippen LogP contribution in [0.1, 0.15) is 44.2 Å². The third kappa shape index (κ3) is 2.63. The maximum atomic E-state index is 5.83. The van der Waals surface area contributed by atoms with Crippen LogP contribution in [0.2, 0.25) is 0 Å². The molecule has 0 bridgehead atoms. The van der Waals surface area contributed by atoms with Crippen molar-refractivity contribution in [2.45, 2.75) is 38.6 Å². The molecule has 4 nitrogen and oxygen atoms in total. The number of benzene rings is 1. The molecule has 1 saturated carbocycles. The molecule has 110 valence electrons. The number of rotatable bonds is 4. The molecule has 1 fully saturated rings. The van der Waals surface area contributed by atoms with E-state index in [2.05, 4.69) is 24.5 Å². The Kier molecular flexibility index (Phi) is 4.13. The standard InChI is InChI=1S/C16H24N2O2/c1-2-11-3-4-12(9-11)16(18-17)13-5-6-14-15(10-13)20-8-7-19-14/h5-6,10-12,16,18H,2-4,7-9,17H2,1H3. The second-order valence-corrected chi connectivity index (χ2v) is 5.89. The molecule has 0 aromatic heterocycles. The fourth-order valence-corrected chi connectivity index (χ4v) is 3.55. The lowest BCUT2D eigenvalue weighted by Crippen LogP contribution is -2.33. The number of nitrogens with two attached hydrogens (primary N) is 1. The third-order valence-electron chi connectivity index (χ3n) is 4.74. The SMILES string of the molecule is CCC1CCC(C(NN)c2ccc3c(c2)OCCO3)C1. The zero-order chi connectivity index (χ0) is 13.9. The molecule has 1 aromatic carbocycles. The fourth-order valence-electron chi connectivity index (χ4n) is 3.55. The zero-order valence-electron chi connectivity index (χ0n) is 12.1. The molecule has 1 aliphatic carbocycles. The van der Waals surface area contributed by atoms with E-state index in [-0.39, 0.29) is 6.04 Å². The summed E-state index contributed by atoms with van der Waals surface area (Å²) < 4.78 is 11.2. The highest BCUT2D eigenvalue weighted by Gasteiger charge is 2.31. The van der Waals surface area contributed by atoms with Gasteiger partial charge in [0.25, 0.3) is 0 Å². The van der Waals surface area contributed by atoms with Crippen LogP contribution in [0.5, 0.6) is 11.5 Å². The molecule has 0 spiro atoms. The molecular formula is C16H24N2O2. The Hall–Kier alpha value is -1.26. The monoisotopic (exact) mass is 276 g/mol. The lowest BCUT2D eigenvalue weighted by Gasteiger charge is -2.25. The fraction of sp³-hybridized carbons (Fsp3) is 0.625. The van der Waals surface area contributed by atoms with Crippen LogP contribution in [0, 0.1) is 11.8 Å². The van der Waals surface area contributed by atoms with Gasteiger partial charge in [0.1, 0.15) is 13.2 Å². The van der Waals surface area contributed by atoms with Crippen LogP contribution in [-0.4, -0.2) is 13.2 Å². The maximum absolute atomic E-state index is 5.83. The Labute approximate surface area is 120 Å². The van der Waals surface area contributed by atoms with E-state index < -0.39 is 0 Å². The first-order valence-corrected chi connectivity index (χ1v) is 7.67. The van der Waals surface area contributed by atoms with Crippen LogP contribution >= 0.6 is 0 Å². The first-order chi connectivity index (χ1) is 9.81. The lowest BCUT2D eigenvalue weighted by molar-refractivity contribution is 0.171. The number of ether oxygens (including phenoxy) is 2. The topological polar surface area (TPSA) is 56.5 Å². The van der Waals surface area contributed by atoms with E-state index in [1.807, 2.05) is 6.07 Å². The lowest BCUT2D eigenvalue weighted by atomic mass is 9.90. The summed E-state index contributed by atoms with van der Waals surface area (Å²) in [5, 5.41) is 0. The van der Waals surface area contributed by atoms with E-state index in [9.17, 15) is 0 Å². The van der Waals surface area contributed by atoms with Gasteiger partial charge in [-0.15, -0.1) is 0 Å². The minimum atomic E-state index is 0.211. The Bertz CT molecular complexity index is 464. The summed E-state index contributed by atoms with van der Waals surface area (Å²) in [6, 6.07) is 6.40. The van der Waals surface area contributed by atoms with Gasteiger partial charge in [0.2, 0.25) is 0 Å². The third-order valence-corrected chi connectivity index (χ3v) is 4.74. The van der Waals surface area contributed by atoms with Crippen molar-refractivity contribution in [1.82, 2.24) is 5.43 Å². The average Bonchev–Trinajstić information content (AvgIpc) is 2.97. The molecule has 0 amide bonds. The molecule has 3 unspecified atom stereocenters. The minimum absolute atomic E-state index is 0.211. The second-order valence-electron chi connectivity index (χ2n) is 5.89. The molecule has 0 saturated heterocycles. The van der Waals surface area contributed by atoms with Crippen LogP contribution in [-0.2, 0) is 0 Å². The predicted octanol–water partition coefficient (Wildman–Crippen LogP) is 2.79. The van der Waals surface area contributed by atoms with Crippen molar-refractivity contribution in [3.8, 4) is 11.5 Å². The molecule has 1 aliphatic heterocycles. The molecule has 1 aromatic rings. The van der Waals surface area contributed by atoms with Crippen molar-refractivity contribution in [3.05, 3.63) is 23.8 Å². The Morgan fingerprint density at radius 3 is 2.75 bits per heavy atom. The van der Waals surface area contributed by atoms with Gasteiger partial charge in [-0.2, -0.15) is 0 Å². The number of hydrogen-bond donors (Lipinski definition) is 2. The molecular weight excluding hydrogens is 252 g/mol. The molecule has 3 atom stereocenters.